The van der Waals surface area contributed by atoms with Crippen molar-refractivity contribution in [3.8, 4) is 5.75 Å². The van der Waals surface area contributed by atoms with Gasteiger partial charge in [0.25, 0.3) is 0 Å². The van der Waals surface area contributed by atoms with E-state index < -0.39 is 16.0 Å². The zero-order valence-corrected chi connectivity index (χ0v) is 17.6. The van der Waals surface area contributed by atoms with Crippen LogP contribution in [0.5, 0.6) is 5.75 Å². The molecule has 0 spiro atoms. The predicted octanol–water partition coefficient (Wildman–Crippen LogP) is 3.79. The summed E-state index contributed by atoms with van der Waals surface area (Å²) in [5.41, 5.74) is 1.86. The number of hydrogen-bond donors (Lipinski definition) is 2. The summed E-state index contributed by atoms with van der Waals surface area (Å²) in [5, 5.41) is 8.75. The molecule has 2 N–H and O–H groups in total. The molecule has 0 atom stereocenters. The van der Waals surface area contributed by atoms with Crippen molar-refractivity contribution in [1.29, 1.82) is 0 Å². The van der Waals surface area contributed by atoms with Gasteiger partial charge in [0, 0.05) is 6.54 Å². The number of carboxylic acids is 1. The smallest absolute Gasteiger partial charge is 0.307 e. The number of aryl methyl sites for hydroxylation is 1. The number of ether oxygens (including phenoxy) is 1. The van der Waals surface area contributed by atoms with E-state index in [1.54, 1.807) is 36.4 Å². The van der Waals surface area contributed by atoms with E-state index in [0.29, 0.717) is 24.3 Å². The predicted molar refractivity (Wildman–Crippen MR) is 113 cm³/mol. The molecular formula is C22H29NO5S. The summed E-state index contributed by atoms with van der Waals surface area (Å²) < 4.78 is 32.9. The van der Waals surface area contributed by atoms with Crippen LogP contribution in [0.15, 0.2) is 53.4 Å². The summed E-state index contributed by atoms with van der Waals surface area (Å²) in [4.78, 5) is 10.9. The van der Waals surface area contributed by atoms with E-state index in [9.17, 15) is 13.2 Å². The van der Waals surface area contributed by atoms with Gasteiger partial charge in [0.2, 0.25) is 10.0 Å². The second kappa shape index (κ2) is 11.6. The van der Waals surface area contributed by atoms with Gasteiger partial charge < -0.3 is 9.84 Å². The van der Waals surface area contributed by atoms with E-state index in [2.05, 4.69) is 11.6 Å². The van der Waals surface area contributed by atoms with Gasteiger partial charge in [-0.2, -0.15) is 0 Å². The lowest BCUT2D eigenvalue weighted by atomic mass is 10.1. The van der Waals surface area contributed by atoms with Crippen LogP contribution in [0.1, 0.15) is 43.7 Å². The molecule has 6 nitrogen and oxygen atoms in total. The maximum Gasteiger partial charge on any atom is 0.307 e. The molecule has 2 aromatic rings. The highest BCUT2D eigenvalue weighted by molar-refractivity contribution is 7.89. The molecule has 0 bridgehead atoms. The first kappa shape index (κ1) is 22.9. The maximum atomic E-state index is 12.4. The molecule has 0 aromatic heterocycles. The minimum atomic E-state index is -3.53. The molecule has 0 saturated carbocycles. The van der Waals surface area contributed by atoms with Crippen LogP contribution in [0.3, 0.4) is 0 Å². The van der Waals surface area contributed by atoms with Gasteiger partial charge in [0.05, 0.1) is 17.9 Å². The Kier molecular flexibility index (Phi) is 9.15. The summed E-state index contributed by atoms with van der Waals surface area (Å²) >= 11 is 0. The number of benzene rings is 2. The second-order valence-corrected chi connectivity index (χ2v) is 8.68. The molecule has 0 fully saturated rings. The Hall–Kier alpha value is -2.38. The number of carbonyl (C=O) groups is 1. The lowest BCUT2D eigenvalue weighted by Gasteiger charge is -2.09. The number of aliphatic carboxylic acids is 1. The van der Waals surface area contributed by atoms with Gasteiger partial charge in [0.1, 0.15) is 5.75 Å². The lowest BCUT2D eigenvalue weighted by molar-refractivity contribution is -0.136. The van der Waals surface area contributed by atoms with Gasteiger partial charge in [-0.05, 0) is 54.7 Å². The third-order valence-electron chi connectivity index (χ3n) is 4.46. The molecule has 2 rings (SSSR count). The van der Waals surface area contributed by atoms with Gasteiger partial charge in [-0.25, -0.2) is 13.1 Å². The first-order valence-electron chi connectivity index (χ1n) is 9.93. The third-order valence-corrected chi connectivity index (χ3v) is 5.94. The largest absolute Gasteiger partial charge is 0.494 e. The molecule has 0 radical (unpaired) electrons. The van der Waals surface area contributed by atoms with Crippen LogP contribution in [0.25, 0.3) is 0 Å². The average Bonchev–Trinajstić information content (AvgIpc) is 2.69. The average molecular weight is 420 g/mol. The van der Waals surface area contributed by atoms with Gasteiger partial charge in [-0.1, -0.05) is 44.0 Å². The van der Waals surface area contributed by atoms with Gasteiger partial charge in [0.15, 0.2) is 0 Å². The Morgan fingerprint density at radius 1 is 0.966 bits per heavy atom. The van der Waals surface area contributed by atoms with Crippen molar-refractivity contribution in [3.63, 3.8) is 0 Å². The fourth-order valence-electron chi connectivity index (χ4n) is 2.84. The normalized spacial score (nSPS) is 11.3. The van der Waals surface area contributed by atoms with Crippen molar-refractivity contribution in [3.05, 3.63) is 59.7 Å². The standard InChI is InChI=1S/C22H29NO5S/c1-2-3-4-6-18-9-13-21(14-10-18)29(26,27)23-15-5-16-28-20-11-7-19(8-12-20)17-22(24)25/h7-14,23H,2-6,15-17H2,1H3,(H,24,25). The van der Waals surface area contributed by atoms with Gasteiger partial charge in [-0.3, -0.25) is 4.79 Å². The van der Waals surface area contributed by atoms with Crippen molar-refractivity contribution in [2.24, 2.45) is 0 Å². The van der Waals surface area contributed by atoms with Crippen LogP contribution in [-0.2, 0) is 27.7 Å². The molecule has 2 aromatic carbocycles. The Morgan fingerprint density at radius 3 is 2.24 bits per heavy atom. The Balaban J connectivity index is 1.72. The number of carboxylic acid groups (broad SMARTS) is 1. The summed E-state index contributed by atoms with van der Waals surface area (Å²) in [7, 11) is -3.53. The van der Waals surface area contributed by atoms with Crippen LogP contribution in [0.2, 0.25) is 0 Å². The number of unbranched alkanes of at least 4 members (excludes halogenated alkanes) is 2. The highest BCUT2D eigenvalue weighted by Gasteiger charge is 2.13. The topological polar surface area (TPSA) is 92.7 Å². The van der Waals surface area contributed by atoms with E-state index >= 15 is 0 Å². The Bertz CT molecular complexity index is 861. The molecule has 0 unspecified atom stereocenters. The first-order chi connectivity index (χ1) is 13.9. The van der Waals surface area contributed by atoms with Crippen molar-refractivity contribution in [2.45, 2.75) is 50.3 Å². The molecule has 7 heteroatoms. The number of nitrogens with one attached hydrogen (secondary N) is 1. The Labute approximate surface area is 173 Å². The highest BCUT2D eigenvalue weighted by atomic mass is 32.2. The van der Waals surface area contributed by atoms with E-state index in [1.165, 1.54) is 6.42 Å². The maximum absolute atomic E-state index is 12.4. The quantitative estimate of drug-likeness (QED) is 0.482. The van der Waals surface area contributed by atoms with Crippen molar-refractivity contribution in [1.82, 2.24) is 4.72 Å². The molecule has 0 aliphatic carbocycles. The van der Waals surface area contributed by atoms with E-state index in [-0.39, 0.29) is 17.9 Å². The van der Waals surface area contributed by atoms with Crippen molar-refractivity contribution >= 4 is 16.0 Å². The van der Waals surface area contributed by atoms with Crippen LogP contribution < -0.4 is 9.46 Å². The van der Waals surface area contributed by atoms with E-state index in [1.807, 2.05) is 12.1 Å². The number of hydrogen-bond acceptors (Lipinski definition) is 4. The Morgan fingerprint density at radius 2 is 1.62 bits per heavy atom. The zero-order chi connectivity index (χ0) is 21.1. The fourth-order valence-corrected chi connectivity index (χ4v) is 3.92. The summed E-state index contributed by atoms with van der Waals surface area (Å²) in [6, 6.07) is 13.9. The monoisotopic (exact) mass is 419 g/mol. The number of sulfonamides is 1. The van der Waals surface area contributed by atoms with E-state index in [4.69, 9.17) is 9.84 Å². The minimum Gasteiger partial charge on any atom is -0.494 e. The molecule has 0 heterocycles. The molecule has 0 aliphatic rings. The van der Waals surface area contributed by atoms with Crippen LogP contribution in [-0.4, -0.2) is 32.6 Å². The molecule has 158 valence electrons. The van der Waals surface area contributed by atoms with E-state index in [0.717, 1.165) is 24.8 Å². The minimum absolute atomic E-state index is 0.0260. The lowest BCUT2D eigenvalue weighted by Crippen LogP contribution is -2.25. The number of rotatable bonds is 13. The molecule has 0 aliphatic heterocycles. The SMILES string of the molecule is CCCCCc1ccc(S(=O)(=O)NCCCOc2ccc(CC(=O)O)cc2)cc1. The van der Waals surface area contributed by atoms with Crippen LogP contribution in [0.4, 0.5) is 0 Å². The summed E-state index contributed by atoms with van der Waals surface area (Å²) in [6.07, 6.45) is 4.92. The first-order valence-corrected chi connectivity index (χ1v) is 11.4. The second-order valence-electron chi connectivity index (χ2n) is 6.92. The van der Waals surface area contributed by atoms with Crippen molar-refractivity contribution < 1.29 is 23.1 Å². The zero-order valence-electron chi connectivity index (χ0n) is 16.8. The highest BCUT2D eigenvalue weighted by Crippen LogP contribution is 2.14. The summed E-state index contributed by atoms with van der Waals surface area (Å²) in [5.74, 6) is -0.252. The fraction of sp³-hybridized carbons (Fsp3) is 0.409. The van der Waals surface area contributed by atoms with Crippen LogP contribution in [0, 0.1) is 0 Å². The van der Waals surface area contributed by atoms with Gasteiger partial charge >= 0.3 is 5.97 Å². The molecule has 29 heavy (non-hydrogen) atoms. The molecule has 0 saturated heterocycles. The molecular weight excluding hydrogens is 390 g/mol. The van der Waals surface area contributed by atoms with Gasteiger partial charge in [-0.15, -0.1) is 0 Å². The van der Waals surface area contributed by atoms with Crippen molar-refractivity contribution in [2.75, 3.05) is 13.2 Å². The summed E-state index contributed by atoms with van der Waals surface area (Å²) in [6.45, 7) is 2.79. The van der Waals surface area contributed by atoms with Crippen LogP contribution >= 0.6 is 0 Å². The molecule has 0 amide bonds. The third kappa shape index (κ3) is 8.25.